The van der Waals surface area contributed by atoms with Gasteiger partial charge in [-0.3, -0.25) is 4.79 Å². The Morgan fingerprint density at radius 3 is 2.41 bits per heavy atom. The lowest BCUT2D eigenvalue weighted by atomic mass is 10.2. The molecule has 4 heteroatoms. The van der Waals surface area contributed by atoms with Crippen LogP contribution in [-0.2, 0) is 0 Å². The molecule has 0 radical (unpaired) electrons. The largest absolute Gasteiger partial charge is 0.456 e. The third-order valence-corrected chi connectivity index (χ3v) is 3.48. The van der Waals surface area contributed by atoms with Crippen molar-refractivity contribution >= 4 is 5.91 Å². The molecule has 1 fully saturated rings. The number of likely N-dealkylation sites (N-methyl/N-ethyl adjacent to an activating group) is 1. The molecule has 1 aliphatic heterocycles. The number of hydrogen-bond acceptors (Lipinski definition) is 3. The van der Waals surface area contributed by atoms with Crippen molar-refractivity contribution in [3.05, 3.63) is 23.2 Å². The molecule has 1 aliphatic rings. The molecule has 2 rings (SSSR count). The van der Waals surface area contributed by atoms with Crippen molar-refractivity contribution in [1.29, 1.82) is 0 Å². The van der Waals surface area contributed by atoms with Crippen molar-refractivity contribution in [2.24, 2.45) is 0 Å². The highest BCUT2D eigenvalue weighted by Gasteiger charge is 2.23. The quantitative estimate of drug-likeness (QED) is 0.784. The minimum Gasteiger partial charge on any atom is -0.456 e. The predicted octanol–water partition coefficient (Wildman–Crippen LogP) is 1.67. The summed E-state index contributed by atoms with van der Waals surface area (Å²) in [5.74, 6) is 1.34. The van der Waals surface area contributed by atoms with E-state index >= 15 is 0 Å². The maximum atomic E-state index is 12.2. The third-order valence-electron chi connectivity index (χ3n) is 3.48. The summed E-state index contributed by atoms with van der Waals surface area (Å²) in [4.78, 5) is 16.4. The fourth-order valence-electron chi connectivity index (χ4n) is 2.10. The minimum atomic E-state index is 0.0250. The van der Waals surface area contributed by atoms with Gasteiger partial charge in [0.25, 0.3) is 5.91 Å². The Morgan fingerprint density at radius 1 is 1.29 bits per heavy atom. The average molecular weight is 236 g/mol. The van der Waals surface area contributed by atoms with Gasteiger partial charge in [-0.1, -0.05) is 6.92 Å². The van der Waals surface area contributed by atoms with E-state index in [1.54, 1.807) is 0 Å². The van der Waals surface area contributed by atoms with Crippen LogP contribution in [0.2, 0.25) is 0 Å². The summed E-state index contributed by atoms with van der Waals surface area (Å²) in [6.45, 7) is 10.6. The second-order valence-electron chi connectivity index (χ2n) is 4.58. The van der Waals surface area contributed by atoms with E-state index in [-0.39, 0.29) is 5.91 Å². The number of furan rings is 1. The first-order valence-electron chi connectivity index (χ1n) is 6.20. The lowest BCUT2D eigenvalue weighted by molar-refractivity contribution is 0.0611. The molecule has 0 aliphatic carbocycles. The summed E-state index contributed by atoms with van der Waals surface area (Å²) in [5, 5.41) is 0. The van der Waals surface area contributed by atoms with Crippen molar-refractivity contribution in [3.63, 3.8) is 0 Å². The van der Waals surface area contributed by atoms with Gasteiger partial charge in [0.1, 0.15) is 5.76 Å². The van der Waals surface area contributed by atoms with Crippen LogP contribution in [0.3, 0.4) is 0 Å². The summed E-state index contributed by atoms with van der Waals surface area (Å²) >= 11 is 0. The monoisotopic (exact) mass is 236 g/mol. The first-order valence-corrected chi connectivity index (χ1v) is 6.20. The maximum Gasteiger partial charge on any atom is 0.289 e. The number of aryl methyl sites for hydroxylation is 2. The van der Waals surface area contributed by atoms with Crippen LogP contribution in [0.1, 0.15) is 28.8 Å². The predicted molar refractivity (Wildman–Crippen MR) is 66.2 cm³/mol. The Kier molecular flexibility index (Phi) is 3.52. The van der Waals surface area contributed by atoms with E-state index in [4.69, 9.17) is 4.42 Å². The molecule has 0 spiro atoms. The third kappa shape index (κ3) is 2.52. The first-order chi connectivity index (χ1) is 8.11. The van der Waals surface area contributed by atoms with Gasteiger partial charge in [-0.2, -0.15) is 0 Å². The van der Waals surface area contributed by atoms with Gasteiger partial charge in [0.2, 0.25) is 0 Å². The highest BCUT2D eigenvalue weighted by atomic mass is 16.4. The van der Waals surface area contributed by atoms with Crippen LogP contribution >= 0.6 is 0 Å². The Labute approximate surface area is 102 Å². The number of carbonyl (C=O) groups excluding carboxylic acids is 1. The zero-order valence-corrected chi connectivity index (χ0v) is 10.8. The van der Waals surface area contributed by atoms with Gasteiger partial charge in [-0.15, -0.1) is 0 Å². The number of nitrogens with zero attached hydrogens (tertiary/aromatic N) is 2. The number of piperazine rings is 1. The van der Waals surface area contributed by atoms with Gasteiger partial charge in [0.05, 0.1) is 0 Å². The Bertz CT molecular complexity index is 384. The molecular formula is C13H20N2O2. The van der Waals surface area contributed by atoms with Crippen molar-refractivity contribution in [2.75, 3.05) is 32.7 Å². The van der Waals surface area contributed by atoms with Crippen molar-refractivity contribution in [3.8, 4) is 0 Å². The van der Waals surface area contributed by atoms with Crippen molar-refractivity contribution in [1.82, 2.24) is 9.80 Å². The fraction of sp³-hybridized carbons (Fsp3) is 0.615. The highest BCUT2D eigenvalue weighted by Crippen LogP contribution is 2.16. The van der Waals surface area contributed by atoms with E-state index in [1.807, 2.05) is 24.8 Å². The van der Waals surface area contributed by atoms with Gasteiger partial charge in [-0.05, 0) is 32.0 Å². The van der Waals surface area contributed by atoms with E-state index in [0.29, 0.717) is 5.76 Å². The molecule has 0 bridgehead atoms. The lowest BCUT2D eigenvalue weighted by Crippen LogP contribution is -2.48. The standard InChI is InChI=1S/C13H20N2O2/c1-4-14-5-7-15(8-6-14)13(16)12-9-10(2)11(3)17-12/h9H,4-8H2,1-3H3. The molecule has 0 saturated carbocycles. The highest BCUT2D eigenvalue weighted by molar-refractivity contribution is 5.91. The number of carbonyl (C=O) groups is 1. The second-order valence-corrected chi connectivity index (χ2v) is 4.58. The van der Waals surface area contributed by atoms with Crippen LogP contribution in [-0.4, -0.2) is 48.4 Å². The molecule has 0 N–H and O–H groups in total. The molecule has 94 valence electrons. The topological polar surface area (TPSA) is 36.7 Å². The van der Waals surface area contributed by atoms with Crippen LogP contribution in [0.25, 0.3) is 0 Å². The molecule has 17 heavy (non-hydrogen) atoms. The molecule has 1 aromatic rings. The zero-order valence-electron chi connectivity index (χ0n) is 10.8. The molecule has 0 aromatic carbocycles. The normalized spacial score (nSPS) is 17.5. The van der Waals surface area contributed by atoms with Crippen LogP contribution < -0.4 is 0 Å². The van der Waals surface area contributed by atoms with Gasteiger partial charge < -0.3 is 14.2 Å². The molecular weight excluding hydrogens is 216 g/mol. The molecule has 2 heterocycles. The number of amides is 1. The Morgan fingerprint density at radius 2 is 1.94 bits per heavy atom. The average Bonchev–Trinajstić information content (AvgIpc) is 2.69. The first kappa shape index (κ1) is 12.2. The smallest absolute Gasteiger partial charge is 0.289 e. The second kappa shape index (κ2) is 4.92. The summed E-state index contributed by atoms with van der Waals surface area (Å²) in [7, 11) is 0. The summed E-state index contributed by atoms with van der Waals surface area (Å²) in [5.41, 5.74) is 1.04. The van der Waals surface area contributed by atoms with Crippen molar-refractivity contribution < 1.29 is 9.21 Å². The molecule has 1 amide bonds. The molecule has 0 atom stereocenters. The van der Waals surface area contributed by atoms with Gasteiger partial charge in [0.15, 0.2) is 5.76 Å². The summed E-state index contributed by atoms with van der Waals surface area (Å²) in [6, 6.07) is 1.84. The maximum absolute atomic E-state index is 12.2. The fourth-order valence-corrected chi connectivity index (χ4v) is 2.10. The lowest BCUT2D eigenvalue weighted by Gasteiger charge is -2.33. The van der Waals surface area contributed by atoms with Gasteiger partial charge in [-0.25, -0.2) is 0 Å². The van der Waals surface area contributed by atoms with Gasteiger partial charge in [0, 0.05) is 26.2 Å². The molecule has 1 saturated heterocycles. The van der Waals surface area contributed by atoms with Crippen LogP contribution in [0.5, 0.6) is 0 Å². The van der Waals surface area contributed by atoms with Gasteiger partial charge >= 0.3 is 0 Å². The Balaban J connectivity index is 2.01. The van der Waals surface area contributed by atoms with E-state index < -0.39 is 0 Å². The molecule has 0 unspecified atom stereocenters. The van der Waals surface area contributed by atoms with E-state index in [1.165, 1.54) is 0 Å². The Hall–Kier alpha value is -1.29. The summed E-state index contributed by atoms with van der Waals surface area (Å²) in [6.07, 6.45) is 0. The molecule has 4 nitrogen and oxygen atoms in total. The minimum absolute atomic E-state index is 0.0250. The SMILES string of the molecule is CCN1CCN(C(=O)c2cc(C)c(C)o2)CC1. The van der Waals surface area contributed by atoms with E-state index in [0.717, 1.165) is 44.0 Å². The van der Waals surface area contributed by atoms with Crippen LogP contribution in [0.4, 0.5) is 0 Å². The van der Waals surface area contributed by atoms with Crippen LogP contribution in [0.15, 0.2) is 10.5 Å². The molecule has 1 aromatic heterocycles. The zero-order chi connectivity index (χ0) is 12.4. The van der Waals surface area contributed by atoms with E-state index in [9.17, 15) is 4.79 Å². The van der Waals surface area contributed by atoms with E-state index in [2.05, 4.69) is 11.8 Å². The van der Waals surface area contributed by atoms with Crippen molar-refractivity contribution in [2.45, 2.75) is 20.8 Å². The summed E-state index contributed by atoms with van der Waals surface area (Å²) < 4.78 is 5.48. The number of rotatable bonds is 2. The number of hydrogen-bond donors (Lipinski definition) is 0. The van der Waals surface area contributed by atoms with Crippen LogP contribution in [0, 0.1) is 13.8 Å².